The first-order valence-electron chi connectivity index (χ1n) is 8.68. The lowest BCUT2D eigenvalue weighted by atomic mass is 10.0. The van der Waals surface area contributed by atoms with E-state index in [-0.39, 0.29) is 9.92 Å². The van der Waals surface area contributed by atoms with E-state index in [9.17, 15) is 8.42 Å². The molecule has 5 heteroatoms. The summed E-state index contributed by atoms with van der Waals surface area (Å²) in [6.45, 7) is 1.83. The van der Waals surface area contributed by atoms with Gasteiger partial charge in [-0.3, -0.25) is 0 Å². The van der Waals surface area contributed by atoms with Crippen LogP contribution in [0.15, 0.2) is 88.8 Å². The van der Waals surface area contributed by atoms with Crippen molar-refractivity contribution in [1.82, 2.24) is 9.61 Å². The largest absolute Gasteiger partial charge is 0.231 e. The molecule has 0 fully saturated rings. The summed E-state index contributed by atoms with van der Waals surface area (Å²) in [7, 11) is -3.70. The number of para-hydroxylation sites is 1. The van der Waals surface area contributed by atoms with Gasteiger partial charge in [0.25, 0.3) is 0 Å². The van der Waals surface area contributed by atoms with Crippen molar-refractivity contribution in [3.05, 3.63) is 84.4 Å². The van der Waals surface area contributed by atoms with Crippen molar-refractivity contribution in [3.63, 3.8) is 0 Å². The maximum atomic E-state index is 13.2. The highest BCUT2D eigenvalue weighted by atomic mass is 32.2. The minimum Gasteiger partial charge on any atom is -0.231 e. The molecular weight excluding hydrogens is 356 g/mol. The van der Waals surface area contributed by atoms with Crippen LogP contribution in [0.25, 0.3) is 27.2 Å². The zero-order chi connectivity index (χ0) is 18.6. The Morgan fingerprint density at radius 2 is 1.33 bits per heavy atom. The number of fused-ring (bicyclic) bond motifs is 6. The van der Waals surface area contributed by atoms with Crippen molar-refractivity contribution < 1.29 is 8.42 Å². The number of rotatable bonds is 2. The molecule has 2 heterocycles. The highest BCUT2D eigenvalue weighted by Gasteiger charge is 2.26. The fourth-order valence-corrected chi connectivity index (χ4v) is 5.17. The van der Waals surface area contributed by atoms with Crippen LogP contribution in [-0.4, -0.2) is 18.0 Å². The van der Waals surface area contributed by atoms with Gasteiger partial charge in [-0.05, 0) is 30.5 Å². The summed E-state index contributed by atoms with van der Waals surface area (Å²) in [5.74, 6) is 0. The van der Waals surface area contributed by atoms with E-state index in [1.54, 1.807) is 34.8 Å². The molecule has 0 aliphatic carbocycles. The Kier molecular flexibility index (Phi) is 3.36. The van der Waals surface area contributed by atoms with Crippen molar-refractivity contribution in [3.8, 4) is 0 Å². The van der Waals surface area contributed by atoms with Crippen molar-refractivity contribution in [2.24, 2.45) is 0 Å². The van der Waals surface area contributed by atoms with Crippen LogP contribution < -0.4 is 0 Å². The highest BCUT2D eigenvalue weighted by molar-refractivity contribution is 7.91. The number of sulfone groups is 1. The van der Waals surface area contributed by atoms with Crippen molar-refractivity contribution in [2.45, 2.75) is 16.8 Å². The van der Waals surface area contributed by atoms with Crippen LogP contribution in [0.5, 0.6) is 0 Å². The molecule has 0 amide bonds. The zero-order valence-electron chi connectivity index (χ0n) is 14.6. The van der Waals surface area contributed by atoms with Gasteiger partial charge in [0, 0.05) is 16.3 Å². The molecule has 5 aromatic rings. The van der Waals surface area contributed by atoms with Crippen LogP contribution in [-0.2, 0) is 9.84 Å². The number of benzene rings is 3. The molecule has 5 rings (SSSR count). The number of hydrogen-bond acceptors (Lipinski definition) is 3. The van der Waals surface area contributed by atoms with Crippen molar-refractivity contribution in [2.75, 3.05) is 0 Å². The van der Waals surface area contributed by atoms with Crippen LogP contribution in [0.3, 0.4) is 0 Å². The van der Waals surface area contributed by atoms with Gasteiger partial charge >= 0.3 is 0 Å². The maximum Gasteiger partial charge on any atom is 0.225 e. The van der Waals surface area contributed by atoms with Gasteiger partial charge in [-0.1, -0.05) is 60.7 Å². The summed E-state index contributed by atoms with van der Waals surface area (Å²) in [6, 6.07) is 24.5. The monoisotopic (exact) mass is 372 g/mol. The first-order valence-corrected chi connectivity index (χ1v) is 10.2. The van der Waals surface area contributed by atoms with E-state index >= 15 is 0 Å². The van der Waals surface area contributed by atoms with Crippen LogP contribution in [0.4, 0.5) is 0 Å². The number of pyridine rings is 1. The van der Waals surface area contributed by atoms with E-state index in [0.29, 0.717) is 5.56 Å². The molecule has 132 valence electrons. The van der Waals surface area contributed by atoms with E-state index in [4.69, 9.17) is 0 Å². The van der Waals surface area contributed by atoms with E-state index in [2.05, 4.69) is 11.2 Å². The Morgan fingerprint density at radius 1 is 0.741 bits per heavy atom. The topological polar surface area (TPSA) is 51.4 Å². The van der Waals surface area contributed by atoms with E-state index in [1.807, 2.05) is 49.4 Å². The average molecular weight is 372 g/mol. The van der Waals surface area contributed by atoms with Crippen molar-refractivity contribution in [1.29, 1.82) is 0 Å². The van der Waals surface area contributed by atoms with Crippen LogP contribution in [0.1, 0.15) is 5.56 Å². The molecule has 0 unspecified atom stereocenters. The lowest BCUT2D eigenvalue weighted by Crippen LogP contribution is -2.04. The summed E-state index contributed by atoms with van der Waals surface area (Å²) in [5.41, 5.74) is 2.39. The lowest BCUT2D eigenvalue weighted by molar-refractivity contribution is 0.590. The number of aryl methyl sites for hydroxylation is 1. The Bertz CT molecular complexity index is 1440. The first-order chi connectivity index (χ1) is 13.1. The first kappa shape index (κ1) is 16.0. The molecule has 0 radical (unpaired) electrons. The molecular formula is C22H16N2O2S. The fraction of sp³-hybridized carbons (Fsp3) is 0.0455. The molecule has 27 heavy (non-hydrogen) atoms. The van der Waals surface area contributed by atoms with E-state index < -0.39 is 9.84 Å². The molecule has 0 saturated carbocycles. The molecule has 0 N–H and O–H groups in total. The second-order valence-electron chi connectivity index (χ2n) is 6.57. The van der Waals surface area contributed by atoms with Crippen LogP contribution in [0, 0.1) is 6.92 Å². The van der Waals surface area contributed by atoms with Crippen LogP contribution in [0.2, 0.25) is 0 Å². The standard InChI is InChI=1S/C22H16N2O2S/c1-15-21-19-13-6-5-11-17(19)18-12-7-8-14-20(18)24(21)23-22(15)27(25,26)16-9-3-2-4-10-16/h2-14H,1H3. The number of aromatic nitrogens is 2. The Hall–Kier alpha value is -3.18. The van der Waals surface area contributed by atoms with Gasteiger partial charge < -0.3 is 0 Å². The molecule has 4 nitrogen and oxygen atoms in total. The van der Waals surface area contributed by atoms with Gasteiger partial charge in [-0.2, -0.15) is 5.10 Å². The molecule has 3 aromatic carbocycles. The van der Waals surface area contributed by atoms with Gasteiger partial charge in [-0.15, -0.1) is 0 Å². The predicted molar refractivity (Wildman–Crippen MR) is 107 cm³/mol. The Labute approximate surface area is 156 Å². The SMILES string of the molecule is Cc1c(S(=O)(=O)c2ccccc2)nn2c3ccccc3c3ccccc3c12. The third kappa shape index (κ3) is 2.22. The lowest BCUT2D eigenvalue weighted by Gasteiger charge is -2.07. The smallest absolute Gasteiger partial charge is 0.225 e. The quantitative estimate of drug-likeness (QED) is 0.419. The van der Waals surface area contributed by atoms with E-state index in [0.717, 1.165) is 27.2 Å². The second kappa shape index (κ2) is 5.66. The van der Waals surface area contributed by atoms with Crippen molar-refractivity contribution >= 4 is 37.0 Å². The van der Waals surface area contributed by atoms with Gasteiger partial charge in [0.05, 0.1) is 15.9 Å². The van der Waals surface area contributed by atoms with Gasteiger partial charge in [0.15, 0.2) is 5.03 Å². The maximum absolute atomic E-state index is 13.2. The minimum atomic E-state index is -3.70. The summed E-state index contributed by atoms with van der Waals surface area (Å²) < 4.78 is 28.2. The highest BCUT2D eigenvalue weighted by Crippen LogP contribution is 2.34. The van der Waals surface area contributed by atoms with Crippen LogP contribution >= 0.6 is 0 Å². The average Bonchev–Trinajstić information content (AvgIpc) is 3.07. The second-order valence-corrected chi connectivity index (χ2v) is 8.43. The number of nitrogens with zero attached hydrogens (tertiary/aromatic N) is 2. The Balaban J connectivity index is 1.98. The molecule has 0 aliphatic rings. The zero-order valence-corrected chi connectivity index (χ0v) is 15.4. The summed E-state index contributed by atoms with van der Waals surface area (Å²) in [4.78, 5) is 0.255. The fourth-order valence-electron chi connectivity index (χ4n) is 3.74. The molecule has 2 aromatic heterocycles. The minimum absolute atomic E-state index is 0.107. The normalized spacial score (nSPS) is 12.2. The molecule has 0 aliphatic heterocycles. The third-order valence-corrected chi connectivity index (χ3v) is 6.78. The van der Waals surface area contributed by atoms with Gasteiger partial charge in [0.1, 0.15) is 0 Å². The van der Waals surface area contributed by atoms with Gasteiger partial charge in [0.2, 0.25) is 9.84 Å². The summed E-state index contributed by atoms with van der Waals surface area (Å²) in [5, 5.41) is 7.81. The molecule has 0 saturated heterocycles. The van der Waals surface area contributed by atoms with Gasteiger partial charge in [-0.25, -0.2) is 12.9 Å². The molecule has 0 spiro atoms. The number of hydrogen-bond donors (Lipinski definition) is 0. The molecule has 0 atom stereocenters. The van der Waals surface area contributed by atoms with E-state index in [1.165, 1.54) is 0 Å². The predicted octanol–water partition coefficient (Wildman–Crippen LogP) is 4.78. The summed E-state index contributed by atoms with van der Waals surface area (Å²) in [6.07, 6.45) is 0. The third-order valence-electron chi connectivity index (χ3n) is 4.99. The Morgan fingerprint density at radius 3 is 2.07 bits per heavy atom. The summed E-state index contributed by atoms with van der Waals surface area (Å²) >= 11 is 0. The molecule has 0 bridgehead atoms.